The molecule has 4 N–H and O–H groups in total. The fourth-order valence-electron chi connectivity index (χ4n) is 6.71. The van der Waals surface area contributed by atoms with E-state index in [1.54, 1.807) is 0 Å². The molecule has 0 unspecified atom stereocenters. The molecule has 41 heteroatoms. The van der Waals surface area contributed by atoms with Gasteiger partial charge in [0.15, 0.2) is 21.3 Å². The Labute approximate surface area is 573 Å². The molecule has 0 bridgehead atoms. The quantitative estimate of drug-likeness (QED) is 0.0155. The molecular weight excluding hydrogens is 1260 g/mol. The van der Waals surface area contributed by atoms with Crippen molar-refractivity contribution in [3.05, 3.63) is 95.6 Å². The van der Waals surface area contributed by atoms with Gasteiger partial charge in [-0.15, -0.1) is 20.5 Å². The molecule has 7 aromatic rings. The van der Waals surface area contributed by atoms with Crippen molar-refractivity contribution in [1.82, 2.24) is 15.0 Å². The second-order valence-electron chi connectivity index (χ2n) is 14.7. The van der Waals surface area contributed by atoms with E-state index in [4.69, 9.17) is 16.3 Å². The van der Waals surface area contributed by atoms with Gasteiger partial charge in [0.05, 0.1) is 54.2 Å². The summed E-state index contributed by atoms with van der Waals surface area (Å²) in [6.07, 6.45) is 0. The summed E-state index contributed by atoms with van der Waals surface area (Å²) in [5.41, 5.74) is -3.28. The van der Waals surface area contributed by atoms with Crippen LogP contribution in [0, 0.1) is 6.92 Å². The monoisotopic (exact) mass is 1280 g/mol. The smallest absolute Gasteiger partial charge is 0.744 e. The van der Waals surface area contributed by atoms with Crippen molar-refractivity contribution in [3.63, 3.8) is 0 Å². The van der Waals surface area contributed by atoms with E-state index in [1.165, 1.54) is 31.2 Å². The third kappa shape index (κ3) is 17.3. The molecule has 1 aromatic heterocycles. The van der Waals surface area contributed by atoms with Crippen molar-refractivity contribution >= 4 is 142 Å². The number of benzene rings is 6. The first-order valence-corrected chi connectivity index (χ1v) is 27.8. The van der Waals surface area contributed by atoms with Crippen molar-refractivity contribution in [3.8, 4) is 17.2 Å². The molecule has 0 fully saturated rings. The predicted molar refractivity (Wildman–Crippen MR) is 252 cm³/mol. The molecule has 0 atom stereocenters. The summed E-state index contributed by atoms with van der Waals surface area (Å²) in [5, 5.41) is 56.2. The van der Waals surface area contributed by atoms with Gasteiger partial charge in [-0.2, -0.15) is 19.3 Å². The maximum Gasteiger partial charge on any atom is 1.00 e. The van der Waals surface area contributed by atoms with Crippen LogP contribution in [0.5, 0.6) is 17.2 Å². The minimum absolute atomic E-state index is 0. The van der Waals surface area contributed by atoms with Crippen molar-refractivity contribution < 1.29 is 238 Å². The van der Waals surface area contributed by atoms with Gasteiger partial charge in [0.25, 0.3) is 0 Å². The third-order valence-corrected chi connectivity index (χ3v) is 15.4. The summed E-state index contributed by atoms with van der Waals surface area (Å²) < 4.78 is 182. The van der Waals surface area contributed by atoms with Crippen LogP contribution in [0.4, 0.5) is 46.0 Å². The number of phenolic OH excluding ortho intramolecular Hbond substituents is 2. The van der Waals surface area contributed by atoms with Crippen LogP contribution in [-0.4, -0.2) is 92.6 Å². The Morgan fingerprint density at radius 2 is 1.23 bits per heavy atom. The topological polar surface area (TPSA) is 466 Å². The molecule has 0 aliphatic rings. The second kappa shape index (κ2) is 29.3. The minimum Gasteiger partial charge on any atom is -0.744 e. The summed E-state index contributed by atoms with van der Waals surface area (Å²) in [4.78, 5) is 6.60. The maximum atomic E-state index is 12.5. The van der Waals surface area contributed by atoms with Crippen LogP contribution in [0.2, 0.25) is 5.28 Å². The van der Waals surface area contributed by atoms with Gasteiger partial charge >= 0.3 is 148 Å². The third-order valence-electron chi connectivity index (χ3n) is 9.94. The number of phenols is 2. The Morgan fingerprint density at radius 1 is 0.637 bits per heavy atom. The largest absolute Gasteiger partial charge is 1.00 e. The zero-order valence-corrected chi connectivity index (χ0v) is 57.6. The molecule has 6 aromatic carbocycles. The molecule has 1 heterocycles. The van der Waals surface area contributed by atoms with E-state index in [9.17, 15) is 75.8 Å². The normalized spacial score (nSPS) is 11.9. The molecule has 80 heavy (non-hydrogen) atoms. The fourth-order valence-corrected chi connectivity index (χ4v) is 10.7. The van der Waals surface area contributed by atoms with Crippen LogP contribution in [0.3, 0.4) is 0 Å². The Bertz CT molecular complexity index is 4240. The number of hydrogen-bond acceptors (Lipinski definition) is 30. The second-order valence-corrected chi connectivity index (χ2v) is 23.1. The number of sulfone groups is 1. The van der Waals surface area contributed by atoms with Gasteiger partial charge in [-0.1, -0.05) is 12.6 Å². The van der Waals surface area contributed by atoms with Crippen molar-refractivity contribution in [1.29, 1.82) is 0 Å². The predicted octanol–water partition coefficient (Wildman–Crippen LogP) is -9.34. The summed E-state index contributed by atoms with van der Waals surface area (Å²) in [6.45, 7) is 4.61. The van der Waals surface area contributed by atoms with E-state index in [-0.39, 0.29) is 182 Å². The van der Waals surface area contributed by atoms with Gasteiger partial charge in [0.1, 0.15) is 69.0 Å². The molecule has 0 saturated heterocycles. The number of halogens is 1. The maximum absolute atomic E-state index is 12.5. The van der Waals surface area contributed by atoms with Gasteiger partial charge in [-0.05, 0) is 95.5 Å². The van der Waals surface area contributed by atoms with Crippen LogP contribution in [0.15, 0.2) is 135 Å². The average Bonchev–Trinajstić information content (AvgIpc) is 3.31. The molecule has 394 valence electrons. The number of anilines is 4. The van der Waals surface area contributed by atoms with E-state index >= 15 is 0 Å². The van der Waals surface area contributed by atoms with E-state index < -0.39 is 148 Å². The van der Waals surface area contributed by atoms with Gasteiger partial charge in [-0.3, -0.25) is 5.04 Å². The number of aryl methyl sites for hydroxylation is 1. The number of fused-ring (bicyclic) bond motifs is 2. The molecule has 0 amide bonds. The van der Waals surface area contributed by atoms with Crippen LogP contribution in [0.1, 0.15) is 5.56 Å². The number of rotatable bonds is 18. The Balaban J connectivity index is 0.00000437. The van der Waals surface area contributed by atoms with Gasteiger partial charge in [0.2, 0.25) is 17.2 Å². The minimum atomic E-state index is -5.59. The number of hydrogen-bond donors (Lipinski definition) is 4. The van der Waals surface area contributed by atoms with Crippen LogP contribution in [0.25, 0.3) is 21.5 Å². The molecule has 0 aliphatic carbocycles. The molecule has 7 rings (SSSR count). The first-order chi connectivity index (χ1) is 34.9. The van der Waals surface area contributed by atoms with E-state index in [0.29, 0.717) is 23.1 Å². The SMILES string of the molecule is C=CS(=O)(=O)c1cc(OC)c(N=Nc2c(SOO[O-])cc3cc(S(=O)(=O)[O-])cc(Nc4nc(Cl)nc(Nc5ccc6c(O)c(N=Nc7ccc(C)cc7S(=O)(=O)[O-])c(S(=O)(=O)[O-])cc6c5)n4)c3c2O)c(S(=O)(=O)[O-])c1.[Na+].[Na+].[Na+].[Na+].[Na+]. The molecule has 0 aliphatic heterocycles. The number of azo groups is 2. The average molecular weight is 1280 g/mol. The Morgan fingerprint density at radius 3 is 1.80 bits per heavy atom. The molecular formula is C39H25ClN9Na5O20S6. The summed E-state index contributed by atoms with van der Waals surface area (Å²) in [7, 11) is -25.0. The van der Waals surface area contributed by atoms with Gasteiger partial charge in [0, 0.05) is 27.9 Å². The van der Waals surface area contributed by atoms with Crippen LogP contribution >= 0.6 is 23.6 Å². The molecule has 0 spiro atoms. The van der Waals surface area contributed by atoms with E-state index in [1.807, 2.05) is 0 Å². The number of ether oxygens (including phenoxy) is 1. The number of aromatic hydroxyl groups is 2. The molecule has 29 nitrogen and oxygen atoms in total. The van der Waals surface area contributed by atoms with Crippen LogP contribution < -0.4 is 168 Å². The number of methoxy groups -OCH3 is 1. The van der Waals surface area contributed by atoms with Gasteiger partial charge in [-0.25, -0.2) is 42.1 Å². The zero-order chi connectivity index (χ0) is 55.2. The number of aromatic nitrogens is 3. The number of nitrogens with zero attached hydrogens (tertiary/aromatic N) is 7. The van der Waals surface area contributed by atoms with Gasteiger partial charge < -0.3 is 49.1 Å². The summed E-state index contributed by atoms with van der Waals surface area (Å²) >= 11 is 6.25. The molecule has 0 radical (unpaired) electrons. The van der Waals surface area contributed by atoms with E-state index in [2.05, 4.69) is 62.0 Å². The molecule has 0 saturated carbocycles. The first-order valence-electron chi connectivity index (χ1n) is 19.5. The fraction of sp³-hybridized carbons (Fsp3) is 0.0513. The standard InChI is InChI=1S/C39H30ClN9O20S6.5Na/c1-4-71(53,54)21-15-26(67-3)32(30(16-21)75(64,65)66)47-48-33-27(70-69-68-52)12-19-11-22(72(55,56)57)14-25(31(19)36(33)51)42-39-44-37(40)43-38(45-39)41-20-6-7-23-18(10-20)13-29(74(61,62)63)34(35(23)50)49-46-24-8-5-17(2)9-28(24)73(58,59)60;;;;;/h4-16,50-52H,1H2,2-3H3,(H,55,56,57)(H,58,59,60)(H,61,62,63)(H,64,65,66)(H2,41,42,43,44,45);;;;;/q;5*+1/p-5. The van der Waals surface area contributed by atoms with Crippen molar-refractivity contribution in [2.75, 3.05) is 17.7 Å². The summed E-state index contributed by atoms with van der Waals surface area (Å²) in [5.74, 6) is -3.58. The van der Waals surface area contributed by atoms with E-state index in [0.717, 1.165) is 43.5 Å². The van der Waals surface area contributed by atoms with Crippen LogP contribution in [-0.2, 0) is 59.7 Å². The first kappa shape index (κ1) is 74.0. The van der Waals surface area contributed by atoms with Crippen molar-refractivity contribution in [2.45, 2.75) is 36.3 Å². The Kier molecular flexibility index (Phi) is 27.1. The van der Waals surface area contributed by atoms with Crippen molar-refractivity contribution in [2.24, 2.45) is 20.5 Å². The number of nitrogens with one attached hydrogen (secondary N) is 2. The summed E-state index contributed by atoms with van der Waals surface area (Å²) in [6, 6.07) is 11.5. The zero-order valence-electron chi connectivity index (χ0n) is 41.9. The Hall–Kier alpha value is -2.10.